The average Bonchev–Trinajstić information content (AvgIpc) is 3.14. The number of nitrogens with zero attached hydrogens (tertiary/aromatic N) is 4. The van der Waals surface area contributed by atoms with Crippen LogP contribution in [0.1, 0.15) is 37.8 Å². The van der Waals surface area contributed by atoms with E-state index in [1.54, 1.807) is 11.3 Å². The number of aliphatic hydroxyl groups is 1. The van der Waals surface area contributed by atoms with E-state index in [9.17, 15) is 5.11 Å². The Balaban J connectivity index is 1.55. The fraction of sp³-hybridized carbons (Fsp3) is 0.733. The van der Waals surface area contributed by atoms with Crippen LogP contribution in [0, 0.1) is 18.8 Å². The third kappa shape index (κ3) is 2.44. The summed E-state index contributed by atoms with van der Waals surface area (Å²) in [6.45, 7) is 3.84. The van der Waals surface area contributed by atoms with Gasteiger partial charge in [0.05, 0.1) is 18.0 Å². The minimum absolute atomic E-state index is 0.129. The van der Waals surface area contributed by atoms with Gasteiger partial charge < -0.3 is 10.0 Å². The molecule has 3 heterocycles. The molecule has 6 heteroatoms. The predicted octanol–water partition coefficient (Wildman–Crippen LogP) is 2.48. The molecule has 1 saturated heterocycles. The zero-order chi connectivity index (χ0) is 14.4. The van der Waals surface area contributed by atoms with E-state index >= 15 is 0 Å². The van der Waals surface area contributed by atoms with E-state index in [4.69, 9.17) is 0 Å². The van der Waals surface area contributed by atoms with E-state index in [-0.39, 0.29) is 6.10 Å². The summed E-state index contributed by atoms with van der Waals surface area (Å²) in [4.78, 5) is 7.80. The minimum Gasteiger partial charge on any atom is -0.393 e. The molecule has 2 atom stereocenters. The fourth-order valence-corrected chi connectivity index (χ4v) is 4.88. The first kappa shape index (κ1) is 13.5. The highest BCUT2D eigenvalue weighted by Gasteiger charge is 2.36. The average molecular weight is 306 g/mol. The van der Waals surface area contributed by atoms with E-state index in [0.717, 1.165) is 35.3 Å². The van der Waals surface area contributed by atoms with E-state index < -0.39 is 0 Å². The molecular weight excluding hydrogens is 284 g/mol. The van der Waals surface area contributed by atoms with Gasteiger partial charge in [0.15, 0.2) is 0 Å². The highest BCUT2D eigenvalue weighted by Crippen LogP contribution is 2.37. The lowest BCUT2D eigenvalue weighted by Gasteiger charge is -2.38. The normalized spacial score (nSPS) is 27.8. The quantitative estimate of drug-likeness (QED) is 0.926. The van der Waals surface area contributed by atoms with Crippen molar-refractivity contribution in [3.8, 4) is 0 Å². The van der Waals surface area contributed by atoms with Crippen LogP contribution in [0.25, 0.3) is 4.96 Å². The monoisotopic (exact) mass is 306 g/mol. The van der Waals surface area contributed by atoms with Gasteiger partial charge in [0.25, 0.3) is 0 Å². The molecule has 0 unspecified atom stereocenters. The van der Waals surface area contributed by atoms with E-state index in [1.807, 2.05) is 17.6 Å². The number of hydrogen-bond acceptors (Lipinski definition) is 5. The molecule has 2 aromatic rings. The second-order valence-electron chi connectivity index (χ2n) is 6.50. The molecule has 2 fully saturated rings. The molecule has 2 aliphatic rings. The summed E-state index contributed by atoms with van der Waals surface area (Å²) in [6.07, 6.45) is 7.95. The summed E-state index contributed by atoms with van der Waals surface area (Å²) < 4.78 is 1.88. The minimum atomic E-state index is -0.129. The Morgan fingerprint density at radius 2 is 2.10 bits per heavy atom. The zero-order valence-electron chi connectivity index (χ0n) is 12.4. The molecule has 0 spiro atoms. The molecule has 21 heavy (non-hydrogen) atoms. The smallest absolute Gasteiger partial charge is 0.214 e. The van der Waals surface area contributed by atoms with Crippen molar-refractivity contribution in [2.75, 3.05) is 18.0 Å². The predicted molar refractivity (Wildman–Crippen MR) is 83.9 cm³/mol. The number of aryl methyl sites for hydroxylation is 1. The Kier molecular flexibility index (Phi) is 3.38. The molecular formula is C15H22N4OS. The van der Waals surface area contributed by atoms with E-state index in [0.29, 0.717) is 11.8 Å². The lowest BCUT2D eigenvalue weighted by atomic mass is 9.82. The second-order valence-corrected chi connectivity index (χ2v) is 7.44. The van der Waals surface area contributed by atoms with Crippen LogP contribution in [0.4, 0.5) is 5.13 Å². The molecule has 0 aromatic carbocycles. The van der Waals surface area contributed by atoms with Crippen molar-refractivity contribution in [1.82, 2.24) is 14.6 Å². The van der Waals surface area contributed by atoms with Crippen molar-refractivity contribution in [3.63, 3.8) is 0 Å². The number of anilines is 1. The molecule has 0 amide bonds. The Labute approximate surface area is 128 Å². The van der Waals surface area contributed by atoms with E-state index in [1.165, 1.54) is 25.7 Å². The Morgan fingerprint density at radius 3 is 2.86 bits per heavy atom. The summed E-state index contributed by atoms with van der Waals surface area (Å²) in [7, 11) is 0. The van der Waals surface area contributed by atoms with Gasteiger partial charge in [0.1, 0.15) is 0 Å². The molecule has 4 rings (SSSR count). The van der Waals surface area contributed by atoms with Crippen LogP contribution >= 0.6 is 11.3 Å². The van der Waals surface area contributed by atoms with Gasteiger partial charge in [-0.05, 0) is 19.3 Å². The number of hydrogen-bond donors (Lipinski definition) is 1. The third-order valence-electron chi connectivity index (χ3n) is 5.05. The van der Waals surface area contributed by atoms with Crippen molar-refractivity contribution in [1.29, 1.82) is 0 Å². The van der Waals surface area contributed by atoms with Crippen LogP contribution < -0.4 is 4.90 Å². The van der Waals surface area contributed by atoms with Crippen molar-refractivity contribution >= 4 is 21.4 Å². The third-order valence-corrected chi connectivity index (χ3v) is 6.03. The number of imidazole rings is 1. The highest BCUT2D eigenvalue weighted by molar-refractivity contribution is 7.20. The number of aliphatic hydroxyl groups excluding tert-OH is 1. The number of fused-ring (bicyclic) bond motifs is 1. The molecule has 1 aliphatic heterocycles. The molecule has 0 radical (unpaired) electrons. The summed E-state index contributed by atoms with van der Waals surface area (Å²) in [5, 5.41) is 16.1. The summed E-state index contributed by atoms with van der Waals surface area (Å²) >= 11 is 1.66. The number of rotatable bonds is 2. The van der Waals surface area contributed by atoms with Crippen LogP contribution in [0.15, 0.2) is 6.20 Å². The van der Waals surface area contributed by atoms with Gasteiger partial charge in [-0.25, -0.2) is 9.50 Å². The van der Waals surface area contributed by atoms with E-state index in [2.05, 4.69) is 15.0 Å². The largest absolute Gasteiger partial charge is 0.393 e. The maximum atomic E-state index is 10.4. The number of piperidine rings is 1. The van der Waals surface area contributed by atoms with Crippen LogP contribution in [0.5, 0.6) is 0 Å². The van der Waals surface area contributed by atoms with Crippen LogP contribution in [-0.2, 0) is 0 Å². The highest BCUT2D eigenvalue weighted by atomic mass is 32.1. The molecule has 1 N–H and O–H groups in total. The molecule has 1 aliphatic carbocycles. The summed E-state index contributed by atoms with van der Waals surface area (Å²) in [5.74, 6) is 1.12. The molecule has 114 valence electrons. The fourth-order valence-electron chi connectivity index (χ4n) is 3.92. The number of aromatic nitrogens is 3. The standard InChI is InChI=1S/C15H22N4OS/c1-10-8-19-14(16-10)21-15(17-19)18-7-6-13(20)12(9-18)11-4-2-3-5-11/h8,11-13,20H,2-7,9H2,1H3/t12-,13+/m0/s1. The van der Waals surface area contributed by atoms with Gasteiger partial charge in [0, 0.05) is 19.0 Å². The zero-order valence-corrected chi connectivity index (χ0v) is 13.2. The SMILES string of the molecule is Cc1cn2nc(N3CC[C@@H](O)[C@H](C4CCCC4)C3)sc2n1. The van der Waals surface area contributed by atoms with Crippen LogP contribution in [-0.4, -0.2) is 38.9 Å². The maximum Gasteiger partial charge on any atom is 0.214 e. The van der Waals surface area contributed by atoms with Crippen molar-refractivity contribution in [2.24, 2.45) is 11.8 Å². The van der Waals surface area contributed by atoms with Gasteiger partial charge in [-0.15, -0.1) is 5.10 Å². The summed E-state index contributed by atoms with van der Waals surface area (Å²) in [6, 6.07) is 0. The molecule has 1 saturated carbocycles. The molecule has 2 aromatic heterocycles. The van der Waals surface area contributed by atoms with Gasteiger partial charge in [0.2, 0.25) is 10.1 Å². The van der Waals surface area contributed by atoms with Crippen LogP contribution in [0.3, 0.4) is 0 Å². The van der Waals surface area contributed by atoms with Crippen molar-refractivity contribution in [3.05, 3.63) is 11.9 Å². The Morgan fingerprint density at radius 1 is 1.29 bits per heavy atom. The summed E-state index contributed by atoms with van der Waals surface area (Å²) in [5.41, 5.74) is 1.01. The van der Waals surface area contributed by atoms with Crippen LogP contribution in [0.2, 0.25) is 0 Å². The Hall–Kier alpha value is -1.14. The van der Waals surface area contributed by atoms with Gasteiger partial charge in [-0.2, -0.15) is 0 Å². The second kappa shape index (κ2) is 5.25. The maximum absolute atomic E-state index is 10.4. The van der Waals surface area contributed by atoms with Gasteiger partial charge in [-0.1, -0.05) is 37.0 Å². The van der Waals surface area contributed by atoms with Gasteiger partial charge in [-0.3, -0.25) is 0 Å². The first-order valence-electron chi connectivity index (χ1n) is 7.96. The first-order chi connectivity index (χ1) is 10.2. The first-order valence-corrected chi connectivity index (χ1v) is 8.78. The molecule has 0 bridgehead atoms. The lowest BCUT2D eigenvalue weighted by Crippen LogP contribution is -2.45. The molecule has 5 nitrogen and oxygen atoms in total. The van der Waals surface area contributed by atoms with Crippen molar-refractivity contribution < 1.29 is 5.11 Å². The van der Waals surface area contributed by atoms with Gasteiger partial charge >= 0.3 is 0 Å². The topological polar surface area (TPSA) is 53.7 Å². The lowest BCUT2D eigenvalue weighted by molar-refractivity contribution is 0.0563. The van der Waals surface area contributed by atoms with Crippen molar-refractivity contribution in [2.45, 2.75) is 45.1 Å². The Bertz CT molecular complexity index is 599.